The average Bonchev–Trinajstić information content (AvgIpc) is 2.28. The Balaban J connectivity index is 3.05. The Labute approximate surface area is 91.6 Å². The first-order chi connectivity index (χ1) is 7.05. The van der Waals surface area contributed by atoms with Crippen LogP contribution in [-0.2, 0) is 10.0 Å². The van der Waals surface area contributed by atoms with E-state index in [2.05, 4.69) is 18.2 Å². The summed E-state index contributed by atoms with van der Waals surface area (Å²) in [6.45, 7) is 5.80. The molecule has 0 saturated heterocycles. The SMILES string of the molecule is C=CC1=CC(S(=O)(=O)NC)=CCC1CC. The zero-order valence-electron chi connectivity index (χ0n) is 9.16. The van der Waals surface area contributed by atoms with Crippen LogP contribution in [0.2, 0.25) is 0 Å². The topological polar surface area (TPSA) is 46.2 Å². The van der Waals surface area contributed by atoms with Crippen LogP contribution in [0.3, 0.4) is 0 Å². The molecule has 15 heavy (non-hydrogen) atoms. The van der Waals surface area contributed by atoms with Crippen LogP contribution in [-0.4, -0.2) is 15.5 Å². The Kier molecular flexibility index (Phi) is 3.88. The van der Waals surface area contributed by atoms with E-state index in [-0.39, 0.29) is 0 Å². The molecule has 4 heteroatoms. The largest absolute Gasteiger partial charge is 0.239 e. The van der Waals surface area contributed by atoms with Crippen molar-refractivity contribution in [3.63, 3.8) is 0 Å². The van der Waals surface area contributed by atoms with Gasteiger partial charge in [0.1, 0.15) is 0 Å². The first kappa shape index (κ1) is 12.2. The molecular formula is C11H17NO2S. The van der Waals surface area contributed by atoms with Crippen molar-refractivity contribution in [2.45, 2.75) is 19.8 Å². The standard InChI is InChI=1S/C11H17NO2S/c1-4-9-6-7-11(8-10(9)5-2)15(13,14)12-3/h5,7-9,12H,2,4,6H2,1,3H3. The zero-order chi connectivity index (χ0) is 11.5. The van der Waals surface area contributed by atoms with Crippen LogP contribution in [0.15, 0.2) is 35.3 Å². The van der Waals surface area contributed by atoms with Gasteiger partial charge in [-0.15, -0.1) is 0 Å². The monoisotopic (exact) mass is 227 g/mol. The molecule has 1 rings (SSSR count). The van der Waals surface area contributed by atoms with Gasteiger partial charge in [0.15, 0.2) is 0 Å². The number of hydrogen-bond acceptors (Lipinski definition) is 2. The Morgan fingerprint density at radius 1 is 1.67 bits per heavy atom. The maximum absolute atomic E-state index is 11.6. The van der Waals surface area contributed by atoms with Gasteiger partial charge < -0.3 is 0 Å². The summed E-state index contributed by atoms with van der Waals surface area (Å²) in [7, 11) is -1.89. The van der Waals surface area contributed by atoms with E-state index < -0.39 is 10.0 Å². The maximum atomic E-state index is 11.6. The molecule has 0 fully saturated rings. The molecule has 1 N–H and O–H groups in total. The summed E-state index contributed by atoms with van der Waals surface area (Å²) in [5, 5.41) is 0. The van der Waals surface area contributed by atoms with Gasteiger partial charge in [-0.1, -0.05) is 25.7 Å². The van der Waals surface area contributed by atoms with Crippen molar-refractivity contribution in [1.82, 2.24) is 4.72 Å². The summed E-state index contributed by atoms with van der Waals surface area (Å²) in [4.78, 5) is 0.351. The predicted octanol–water partition coefficient (Wildman–Crippen LogP) is 1.96. The van der Waals surface area contributed by atoms with Crippen LogP contribution in [0.5, 0.6) is 0 Å². The molecule has 1 aliphatic rings. The molecule has 0 bridgehead atoms. The highest BCUT2D eigenvalue weighted by Crippen LogP contribution is 2.28. The second-order valence-electron chi connectivity index (χ2n) is 3.50. The molecule has 0 saturated carbocycles. The zero-order valence-corrected chi connectivity index (χ0v) is 9.97. The van der Waals surface area contributed by atoms with E-state index in [4.69, 9.17) is 0 Å². The van der Waals surface area contributed by atoms with Crippen LogP contribution in [0.4, 0.5) is 0 Å². The summed E-state index contributed by atoms with van der Waals surface area (Å²) in [5.41, 5.74) is 1.01. The van der Waals surface area contributed by atoms with Crippen molar-refractivity contribution in [2.24, 2.45) is 5.92 Å². The molecule has 1 aliphatic carbocycles. The molecule has 0 aliphatic heterocycles. The fraction of sp³-hybridized carbons (Fsp3) is 0.455. The molecule has 0 aromatic heterocycles. The molecule has 0 amide bonds. The minimum Gasteiger partial charge on any atom is -0.214 e. The minimum atomic E-state index is -3.31. The summed E-state index contributed by atoms with van der Waals surface area (Å²) >= 11 is 0. The minimum absolute atomic E-state index is 0.351. The molecular weight excluding hydrogens is 210 g/mol. The van der Waals surface area contributed by atoms with Crippen LogP contribution in [0, 0.1) is 5.92 Å². The normalized spacial score (nSPS) is 21.9. The molecule has 1 unspecified atom stereocenters. The average molecular weight is 227 g/mol. The second-order valence-corrected chi connectivity index (χ2v) is 5.39. The molecule has 0 aromatic carbocycles. The molecule has 1 atom stereocenters. The lowest BCUT2D eigenvalue weighted by atomic mass is 9.89. The van der Waals surface area contributed by atoms with Crippen LogP contribution in [0.1, 0.15) is 19.8 Å². The van der Waals surface area contributed by atoms with Gasteiger partial charge >= 0.3 is 0 Å². The van der Waals surface area contributed by atoms with Gasteiger partial charge in [-0.2, -0.15) is 0 Å². The van der Waals surface area contributed by atoms with E-state index in [0.29, 0.717) is 10.8 Å². The highest BCUT2D eigenvalue weighted by molar-refractivity contribution is 7.93. The number of sulfonamides is 1. The summed E-state index contributed by atoms with van der Waals surface area (Å²) in [6.07, 6.45) is 6.99. The van der Waals surface area contributed by atoms with Crippen molar-refractivity contribution >= 4 is 10.0 Å². The van der Waals surface area contributed by atoms with E-state index in [9.17, 15) is 8.42 Å². The van der Waals surface area contributed by atoms with E-state index in [1.165, 1.54) is 7.05 Å². The molecule has 0 spiro atoms. The van der Waals surface area contributed by atoms with Crippen LogP contribution < -0.4 is 4.72 Å². The predicted molar refractivity (Wildman–Crippen MR) is 62.7 cm³/mol. The van der Waals surface area contributed by atoms with Crippen LogP contribution in [0.25, 0.3) is 0 Å². The maximum Gasteiger partial charge on any atom is 0.239 e. The lowest BCUT2D eigenvalue weighted by Gasteiger charge is -2.20. The summed E-state index contributed by atoms with van der Waals surface area (Å²) < 4.78 is 25.4. The van der Waals surface area contributed by atoms with Crippen molar-refractivity contribution in [3.05, 3.63) is 35.3 Å². The molecule has 84 valence electrons. The van der Waals surface area contributed by atoms with Gasteiger partial charge in [-0.25, -0.2) is 13.1 Å². The Hall–Kier alpha value is -0.870. The third kappa shape index (κ3) is 2.58. The number of allylic oxidation sites excluding steroid dienone is 4. The van der Waals surface area contributed by atoms with Gasteiger partial charge in [0, 0.05) is 0 Å². The third-order valence-corrected chi connectivity index (χ3v) is 4.13. The number of hydrogen-bond donors (Lipinski definition) is 1. The summed E-state index contributed by atoms with van der Waals surface area (Å²) in [6, 6.07) is 0. The summed E-state index contributed by atoms with van der Waals surface area (Å²) in [5.74, 6) is 0.401. The van der Waals surface area contributed by atoms with E-state index in [1.807, 2.05) is 0 Å². The van der Waals surface area contributed by atoms with Crippen molar-refractivity contribution in [2.75, 3.05) is 7.05 Å². The fourth-order valence-electron chi connectivity index (χ4n) is 1.67. The van der Waals surface area contributed by atoms with Gasteiger partial charge in [0.2, 0.25) is 10.0 Å². The van der Waals surface area contributed by atoms with Crippen LogP contribution >= 0.6 is 0 Å². The third-order valence-electron chi connectivity index (χ3n) is 2.69. The van der Waals surface area contributed by atoms with Crippen molar-refractivity contribution < 1.29 is 8.42 Å². The number of rotatable bonds is 4. The van der Waals surface area contributed by atoms with E-state index in [1.54, 1.807) is 18.2 Å². The van der Waals surface area contributed by atoms with E-state index in [0.717, 1.165) is 18.4 Å². The van der Waals surface area contributed by atoms with Gasteiger partial charge in [-0.05, 0) is 37.5 Å². The first-order valence-electron chi connectivity index (χ1n) is 5.03. The number of nitrogens with one attached hydrogen (secondary N) is 1. The molecule has 0 radical (unpaired) electrons. The second kappa shape index (κ2) is 4.77. The van der Waals surface area contributed by atoms with Crippen molar-refractivity contribution in [3.8, 4) is 0 Å². The first-order valence-corrected chi connectivity index (χ1v) is 6.51. The lowest BCUT2D eigenvalue weighted by Crippen LogP contribution is -2.21. The Morgan fingerprint density at radius 2 is 2.33 bits per heavy atom. The molecule has 3 nitrogen and oxygen atoms in total. The fourth-order valence-corrected chi connectivity index (χ4v) is 2.51. The van der Waals surface area contributed by atoms with Gasteiger partial charge in [-0.3, -0.25) is 0 Å². The van der Waals surface area contributed by atoms with Gasteiger partial charge in [0.25, 0.3) is 0 Å². The Morgan fingerprint density at radius 3 is 2.80 bits per heavy atom. The molecule has 0 aromatic rings. The van der Waals surface area contributed by atoms with Gasteiger partial charge in [0.05, 0.1) is 4.91 Å². The smallest absolute Gasteiger partial charge is 0.214 e. The highest BCUT2D eigenvalue weighted by Gasteiger charge is 2.20. The quantitative estimate of drug-likeness (QED) is 0.798. The Bertz CT molecular complexity index is 404. The van der Waals surface area contributed by atoms with E-state index >= 15 is 0 Å². The van der Waals surface area contributed by atoms with Crippen molar-refractivity contribution in [1.29, 1.82) is 0 Å². The molecule has 0 heterocycles. The highest BCUT2D eigenvalue weighted by atomic mass is 32.2. The lowest BCUT2D eigenvalue weighted by molar-refractivity contribution is 0.587.